The van der Waals surface area contributed by atoms with Gasteiger partial charge in [-0.15, -0.1) is 0 Å². The number of carbonyl (C=O) groups is 2. The summed E-state index contributed by atoms with van der Waals surface area (Å²) in [5, 5.41) is 18.5. The summed E-state index contributed by atoms with van der Waals surface area (Å²) < 4.78 is 15.9. The molecule has 2 N–H and O–H groups in total. The number of carbonyl (C=O) groups excluding carboxylic acids is 1. The molecule has 3 rings (SSSR count). The van der Waals surface area contributed by atoms with Gasteiger partial charge in [-0.3, -0.25) is 14.5 Å². The number of carboxylic acid groups (broad SMARTS) is 1. The van der Waals surface area contributed by atoms with Crippen molar-refractivity contribution in [1.82, 2.24) is 8.53 Å². The first-order valence-corrected chi connectivity index (χ1v) is 11.4. The molecule has 0 unspecified atom stereocenters. The van der Waals surface area contributed by atoms with Crippen molar-refractivity contribution in [2.75, 3.05) is 11.4 Å². The molecule has 123 valence electrons. The Bertz CT molecular complexity index is 934. The van der Waals surface area contributed by atoms with Crippen LogP contribution in [0.15, 0.2) is 17.1 Å². The van der Waals surface area contributed by atoms with Crippen LogP contribution in [-0.4, -0.2) is 55.4 Å². The van der Waals surface area contributed by atoms with E-state index in [2.05, 4.69) is 4.98 Å². The molecule has 0 bridgehead atoms. The summed E-state index contributed by atoms with van der Waals surface area (Å²) in [6, 6.07) is 0.895. The summed E-state index contributed by atoms with van der Waals surface area (Å²) in [5.41, 5.74) is -1.18. The second kappa shape index (κ2) is 6.40. The number of aliphatic hydroxyl groups is 1. The van der Waals surface area contributed by atoms with Gasteiger partial charge >= 0.3 is 18.1 Å². The van der Waals surface area contributed by atoms with Crippen LogP contribution in [0.3, 0.4) is 0 Å². The van der Waals surface area contributed by atoms with E-state index < -0.39 is 46.9 Å². The average Bonchev–Trinajstić information content (AvgIpc) is 2.85. The molecule has 0 saturated carbocycles. The van der Waals surface area contributed by atoms with E-state index in [1.807, 2.05) is 20.3 Å². The molecule has 11 heteroatoms. The molecule has 3 heterocycles. The van der Waals surface area contributed by atoms with E-state index in [1.165, 1.54) is 9.75 Å². The lowest BCUT2D eigenvalue weighted by molar-refractivity contribution is -0.117. The van der Waals surface area contributed by atoms with E-state index in [-0.39, 0.29) is 29.8 Å². The summed E-state index contributed by atoms with van der Waals surface area (Å²) in [4.78, 5) is 40.4. The van der Waals surface area contributed by atoms with E-state index in [4.69, 9.17) is 5.11 Å². The van der Waals surface area contributed by atoms with Crippen LogP contribution in [0.25, 0.3) is 11.0 Å². The predicted molar refractivity (Wildman–Crippen MR) is 91.1 cm³/mol. The second-order valence-corrected chi connectivity index (χ2v) is 7.63. The van der Waals surface area contributed by atoms with Crippen molar-refractivity contribution in [3.63, 3.8) is 0 Å². The molecule has 1 radical (unpaired) electrons. The van der Waals surface area contributed by atoms with Crippen molar-refractivity contribution < 1.29 is 24.2 Å². The molecule has 1 amide bonds. The summed E-state index contributed by atoms with van der Waals surface area (Å²) in [6.45, 7) is -0.0806. The normalized spacial score (nSPS) is 17.5. The van der Waals surface area contributed by atoms with Crippen LogP contribution >= 0.6 is 20.3 Å². The van der Waals surface area contributed by atoms with E-state index in [0.29, 0.717) is 0 Å². The third-order valence-electron chi connectivity index (χ3n) is 3.64. The third-order valence-corrected chi connectivity index (χ3v) is 6.04. The maximum atomic E-state index is 14.4. The van der Waals surface area contributed by atoms with Crippen molar-refractivity contribution in [3.8, 4) is 0 Å². The number of hydrogen-bond donors (Lipinski definition) is 2. The molecule has 0 aromatic carbocycles. The Kier molecular flexibility index (Phi) is 4.61. The van der Waals surface area contributed by atoms with Crippen molar-refractivity contribution in [1.29, 1.82) is 0 Å². The molecular weight excluding hydrogens is 451 g/mol. The van der Waals surface area contributed by atoms with E-state index in [1.54, 1.807) is 0 Å². The zero-order chi connectivity index (χ0) is 17.6. The van der Waals surface area contributed by atoms with Crippen LogP contribution in [0, 0.1) is 5.82 Å². The summed E-state index contributed by atoms with van der Waals surface area (Å²) in [7, 11) is 0. The van der Waals surface area contributed by atoms with Crippen LogP contribution < -0.4 is 10.3 Å². The molecule has 8 nitrogen and oxygen atoms in total. The highest BCUT2D eigenvalue weighted by Gasteiger charge is 2.32. The molecule has 1 aliphatic rings. The minimum absolute atomic E-state index is 0.0806. The predicted octanol–water partition coefficient (Wildman–Crippen LogP) is 0.149. The fraction of sp³-hybridized carbons (Fsp3) is 0.231. The number of hydrogen-bond acceptors (Lipinski definition) is 5. The first-order valence-electron chi connectivity index (χ1n) is 6.74. The van der Waals surface area contributed by atoms with Gasteiger partial charge in [0.15, 0.2) is 11.6 Å². The number of halogens is 2. The van der Waals surface area contributed by atoms with Gasteiger partial charge in [-0.05, 0) is 12.3 Å². The lowest BCUT2D eigenvalue weighted by Crippen LogP contribution is -2.28. The standard InChI is InChI=1S/C13H10FN3O5.Al.HI/c14-8-2-6-10(20)7(13(21)22)3-15-11(6)16-12(8)17-4-5(18)1-9(17)19;;/h2-3,5,18H,1,4H2,(H2,15,16,20,21,22);;1H/q;+2;/p-2/t5-;;/m0../s1. The zero-order valence-electron chi connectivity index (χ0n) is 11.9. The molecule has 1 fully saturated rings. The maximum absolute atomic E-state index is 14.4. The minimum atomic E-state index is -1.40. The Hall–Kier alpha value is -1.55. The molecular formula is C13H9AlFIN3O5. The van der Waals surface area contributed by atoms with E-state index in [9.17, 15) is 23.9 Å². The number of amides is 1. The van der Waals surface area contributed by atoms with Gasteiger partial charge in [0.2, 0.25) is 11.3 Å². The molecule has 2 aromatic rings. The number of fused-ring (bicyclic) bond motifs is 1. The molecule has 24 heavy (non-hydrogen) atoms. The highest BCUT2D eigenvalue weighted by Crippen LogP contribution is 2.25. The van der Waals surface area contributed by atoms with Gasteiger partial charge in [0.1, 0.15) is 11.2 Å². The summed E-state index contributed by atoms with van der Waals surface area (Å²) in [5.74, 6) is -3.06. The Balaban J connectivity index is 2.28. The van der Waals surface area contributed by atoms with Gasteiger partial charge in [0.05, 0.1) is 24.5 Å². The number of aromatic carboxylic acids is 1. The number of carboxylic acids is 1. The van der Waals surface area contributed by atoms with Crippen molar-refractivity contribution in [2.45, 2.75) is 12.5 Å². The molecule has 2 aromatic heterocycles. The van der Waals surface area contributed by atoms with Gasteiger partial charge in [-0.2, -0.15) is 20.3 Å². The van der Waals surface area contributed by atoms with Crippen LogP contribution in [0.4, 0.5) is 10.2 Å². The second-order valence-electron chi connectivity index (χ2n) is 5.21. The Labute approximate surface area is 151 Å². The lowest BCUT2D eigenvalue weighted by atomic mass is 10.2. The Morgan fingerprint density at radius 3 is 2.71 bits per heavy atom. The highest BCUT2D eigenvalue weighted by molar-refractivity contribution is 14.1. The molecule has 1 aliphatic heterocycles. The van der Waals surface area contributed by atoms with Crippen LogP contribution in [0.2, 0.25) is 0 Å². The molecule has 1 atom stereocenters. The van der Waals surface area contributed by atoms with Crippen molar-refractivity contribution in [3.05, 3.63) is 33.9 Å². The quantitative estimate of drug-likeness (QED) is 0.499. The molecule has 0 aliphatic carbocycles. The number of rotatable bonds is 3. The lowest BCUT2D eigenvalue weighted by Gasteiger charge is -2.17. The zero-order valence-corrected chi connectivity index (χ0v) is 15.3. The Morgan fingerprint density at radius 1 is 1.46 bits per heavy atom. The van der Waals surface area contributed by atoms with Gasteiger partial charge < -0.3 is 13.8 Å². The molecule has 1 saturated heterocycles. The van der Waals surface area contributed by atoms with Crippen molar-refractivity contribution >= 4 is 61.2 Å². The highest BCUT2D eigenvalue weighted by atomic mass is 127. The van der Waals surface area contributed by atoms with Gasteiger partial charge in [-0.25, -0.2) is 14.2 Å². The topological polar surface area (TPSA) is 113 Å². The number of aliphatic hydroxyl groups excluding tert-OH is 1. The van der Waals surface area contributed by atoms with Crippen LogP contribution in [0.1, 0.15) is 16.8 Å². The smallest absolute Gasteiger partial charge is 0.477 e. The first kappa shape index (κ1) is 17.3. The largest absolute Gasteiger partial charge is 0.478 e. The third kappa shape index (κ3) is 2.81. The Morgan fingerprint density at radius 2 is 2.17 bits per heavy atom. The summed E-state index contributed by atoms with van der Waals surface area (Å²) >= 11 is 1.52. The number of nitrogens with zero attached hydrogens (tertiary/aromatic N) is 3. The number of aromatic nitrogens is 2. The monoisotopic (exact) mass is 460 g/mol. The minimum Gasteiger partial charge on any atom is -0.477 e. The number of pyridine rings is 2. The van der Waals surface area contributed by atoms with Crippen molar-refractivity contribution in [2.24, 2.45) is 0 Å². The summed E-state index contributed by atoms with van der Waals surface area (Å²) in [6.07, 6.45) is 0.145. The van der Waals surface area contributed by atoms with Crippen LogP contribution in [0.5, 0.6) is 0 Å². The van der Waals surface area contributed by atoms with E-state index in [0.717, 1.165) is 11.0 Å². The maximum Gasteiger partial charge on any atom is 0.478 e. The molecule has 0 spiro atoms. The van der Waals surface area contributed by atoms with Gasteiger partial charge in [0, 0.05) is 0 Å². The fourth-order valence-corrected chi connectivity index (χ4v) is 4.32. The van der Waals surface area contributed by atoms with E-state index >= 15 is 0 Å². The average molecular weight is 460 g/mol. The fourth-order valence-electron chi connectivity index (χ4n) is 2.55. The van der Waals surface area contributed by atoms with Gasteiger partial charge in [0.25, 0.3) is 0 Å². The number of β-amino-alcohol motifs (C(OH)–C–C–N with tert-alkyl or cyclic N) is 1. The van der Waals surface area contributed by atoms with Gasteiger partial charge in [-0.1, -0.05) is 0 Å². The van der Waals surface area contributed by atoms with Crippen LogP contribution in [-0.2, 0) is 4.79 Å². The first-order chi connectivity index (χ1) is 11.3. The number of anilines is 1. The SMILES string of the molecule is O=C(O)c1c[n]([Al][I])c2nc(N3C[C@@H](O)CC3=O)c(F)cc2c1=O.